The van der Waals surface area contributed by atoms with Crippen molar-refractivity contribution in [2.45, 2.75) is 37.3 Å². The van der Waals surface area contributed by atoms with E-state index >= 15 is 0 Å². The van der Waals surface area contributed by atoms with Crippen LogP contribution in [-0.2, 0) is 24.4 Å². The number of rotatable bonds is 6. The molecule has 1 aliphatic carbocycles. The molecule has 9 heteroatoms. The van der Waals surface area contributed by atoms with E-state index in [9.17, 15) is 31.1 Å². The standard InChI is InChI=1S/C21H18F6N2O/c1-2-28-12-13-5-3-4-6-17(13)18(30)29-19(7-8-19)14-9-15(20(22,23)24)11-16(10-14)21(25,26)27/h2-6,9-11,28H,1,7-8,12H2,(H,29,30). The second-order valence-corrected chi connectivity index (χ2v) is 7.07. The molecule has 0 radical (unpaired) electrons. The zero-order valence-electron chi connectivity index (χ0n) is 15.6. The molecule has 2 aromatic rings. The van der Waals surface area contributed by atoms with E-state index in [2.05, 4.69) is 17.2 Å². The fourth-order valence-electron chi connectivity index (χ4n) is 3.20. The van der Waals surface area contributed by atoms with Crippen LogP contribution in [0.5, 0.6) is 0 Å². The highest BCUT2D eigenvalue weighted by Crippen LogP contribution is 2.48. The summed E-state index contributed by atoms with van der Waals surface area (Å²) < 4.78 is 79.0. The maximum Gasteiger partial charge on any atom is 0.416 e. The molecule has 1 fully saturated rings. The molecule has 0 heterocycles. The average molecular weight is 428 g/mol. The van der Waals surface area contributed by atoms with Crippen molar-refractivity contribution in [1.29, 1.82) is 0 Å². The van der Waals surface area contributed by atoms with E-state index in [-0.39, 0.29) is 30.0 Å². The smallest absolute Gasteiger partial charge is 0.387 e. The molecule has 1 amide bonds. The summed E-state index contributed by atoms with van der Waals surface area (Å²) in [6.45, 7) is 3.81. The molecule has 0 saturated heterocycles. The summed E-state index contributed by atoms with van der Waals surface area (Å²) in [6.07, 6.45) is -7.97. The van der Waals surface area contributed by atoms with Crippen LogP contribution in [0.2, 0.25) is 0 Å². The van der Waals surface area contributed by atoms with Gasteiger partial charge >= 0.3 is 12.4 Å². The Bertz CT molecular complexity index is 928. The van der Waals surface area contributed by atoms with Crippen LogP contribution in [0.3, 0.4) is 0 Å². The Morgan fingerprint density at radius 3 is 2.07 bits per heavy atom. The second kappa shape index (κ2) is 7.70. The molecule has 0 aromatic heterocycles. The summed E-state index contributed by atoms with van der Waals surface area (Å²) in [7, 11) is 0. The normalized spacial score (nSPS) is 15.4. The summed E-state index contributed by atoms with van der Waals surface area (Å²) in [5.74, 6) is -0.570. The minimum absolute atomic E-state index is 0.0810. The van der Waals surface area contributed by atoms with Crippen molar-refractivity contribution < 1.29 is 31.1 Å². The number of halogens is 6. The minimum Gasteiger partial charge on any atom is -0.387 e. The van der Waals surface area contributed by atoms with Gasteiger partial charge in [-0.25, -0.2) is 0 Å². The number of alkyl halides is 6. The van der Waals surface area contributed by atoms with Gasteiger partial charge in [0.05, 0.1) is 16.7 Å². The van der Waals surface area contributed by atoms with Gasteiger partial charge < -0.3 is 10.6 Å². The lowest BCUT2D eigenvalue weighted by Crippen LogP contribution is -2.36. The van der Waals surface area contributed by atoms with Crippen LogP contribution in [0.1, 0.15) is 45.5 Å². The summed E-state index contributed by atoms with van der Waals surface area (Å²) >= 11 is 0. The Hall–Kier alpha value is -2.97. The number of carbonyl (C=O) groups excluding carboxylic acids is 1. The molecule has 0 unspecified atom stereocenters. The monoisotopic (exact) mass is 428 g/mol. The van der Waals surface area contributed by atoms with Gasteiger partial charge in [0.25, 0.3) is 5.91 Å². The first-order valence-electron chi connectivity index (χ1n) is 9.01. The molecule has 0 spiro atoms. The van der Waals surface area contributed by atoms with Crippen LogP contribution in [0.15, 0.2) is 55.2 Å². The molecule has 3 nitrogen and oxygen atoms in total. The zero-order chi connectivity index (χ0) is 22.2. The van der Waals surface area contributed by atoms with Crippen molar-refractivity contribution in [3.63, 3.8) is 0 Å². The highest BCUT2D eigenvalue weighted by atomic mass is 19.4. The Morgan fingerprint density at radius 2 is 1.57 bits per heavy atom. The average Bonchev–Trinajstić information content (AvgIpc) is 3.45. The Morgan fingerprint density at radius 1 is 1.00 bits per heavy atom. The van der Waals surface area contributed by atoms with Crippen molar-refractivity contribution in [1.82, 2.24) is 10.6 Å². The molecule has 0 atom stereocenters. The SMILES string of the molecule is C=CNCc1ccccc1C(=O)NC1(c2cc(C(F)(F)F)cc(C(F)(F)F)c2)CC1. The maximum atomic E-state index is 13.2. The van der Waals surface area contributed by atoms with Gasteiger partial charge in [0.15, 0.2) is 0 Å². The van der Waals surface area contributed by atoms with Crippen LogP contribution in [-0.4, -0.2) is 5.91 Å². The van der Waals surface area contributed by atoms with Gasteiger partial charge in [-0.05, 0) is 54.4 Å². The first-order chi connectivity index (χ1) is 14.0. The van der Waals surface area contributed by atoms with Crippen molar-refractivity contribution in [3.05, 3.63) is 83.1 Å². The molecule has 2 N–H and O–H groups in total. The number of amides is 1. The van der Waals surface area contributed by atoms with Gasteiger partial charge in [-0.15, -0.1) is 0 Å². The van der Waals surface area contributed by atoms with E-state index in [0.29, 0.717) is 24.2 Å². The quantitative estimate of drug-likeness (QED) is 0.607. The van der Waals surface area contributed by atoms with E-state index in [0.717, 1.165) is 0 Å². The number of nitrogens with one attached hydrogen (secondary N) is 2. The lowest BCUT2D eigenvalue weighted by Gasteiger charge is -2.22. The Kier molecular flexibility index (Phi) is 5.58. The van der Waals surface area contributed by atoms with E-state index in [1.165, 1.54) is 6.20 Å². The van der Waals surface area contributed by atoms with Gasteiger partial charge in [0.2, 0.25) is 0 Å². The molecule has 30 heavy (non-hydrogen) atoms. The second-order valence-electron chi connectivity index (χ2n) is 7.07. The molecule has 160 valence electrons. The number of hydrogen-bond donors (Lipinski definition) is 2. The Balaban J connectivity index is 1.95. The van der Waals surface area contributed by atoms with Gasteiger partial charge in [-0.2, -0.15) is 26.3 Å². The van der Waals surface area contributed by atoms with Crippen LogP contribution in [0, 0.1) is 0 Å². The number of carbonyl (C=O) groups is 1. The van der Waals surface area contributed by atoms with Gasteiger partial charge in [0.1, 0.15) is 0 Å². The Labute approximate surface area is 168 Å². The van der Waals surface area contributed by atoms with Gasteiger partial charge in [-0.3, -0.25) is 4.79 Å². The molecule has 0 bridgehead atoms. The van der Waals surface area contributed by atoms with Gasteiger partial charge in [0, 0.05) is 12.1 Å². The van der Waals surface area contributed by atoms with Crippen molar-refractivity contribution >= 4 is 5.91 Å². The van der Waals surface area contributed by atoms with Crippen molar-refractivity contribution in [2.75, 3.05) is 0 Å². The molecular weight excluding hydrogens is 410 g/mol. The van der Waals surface area contributed by atoms with Crippen molar-refractivity contribution in [3.8, 4) is 0 Å². The molecule has 1 aliphatic rings. The summed E-state index contributed by atoms with van der Waals surface area (Å²) in [5.41, 5.74) is -3.38. The number of benzene rings is 2. The van der Waals surface area contributed by atoms with E-state index in [4.69, 9.17) is 0 Å². The van der Waals surface area contributed by atoms with Gasteiger partial charge in [-0.1, -0.05) is 24.8 Å². The van der Waals surface area contributed by atoms with E-state index < -0.39 is 34.9 Å². The van der Waals surface area contributed by atoms with E-state index in [1.807, 2.05) is 0 Å². The van der Waals surface area contributed by atoms with Crippen LogP contribution >= 0.6 is 0 Å². The minimum atomic E-state index is -4.95. The third-order valence-electron chi connectivity index (χ3n) is 4.94. The first-order valence-corrected chi connectivity index (χ1v) is 9.01. The summed E-state index contributed by atoms with van der Waals surface area (Å²) in [5, 5.41) is 5.50. The topological polar surface area (TPSA) is 41.1 Å². The maximum absolute atomic E-state index is 13.2. The third-order valence-corrected chi connectivity index (χ3v) is 4.94. The lowest BCUT2D eigenvalue weighted by atomic mass is 9.97. The molecule has 0 aliphatic heterocycles. The number of hydrogen-bond acceptors (Lipinski definition) is 2. The molecular formula is C21H18F6N2O. The van der Waals surface area contributed by atoms with Crippen molar-refractivity contribution in [2.24, 2.45) is 0 Å². The van der Waals surface area contributed by atoms with Crippen LogP contribution < -0.4 is 10.6 Å². The lowest BCUT2D eigenvalue weighted by molar-refractivity contribution is -0.143. The first kappa shape index (κ1) is 21.7. The highest BCUT2D eigenvalue weighted by molar-refractivity contribution is 5.96. The van der Waals surface area contributed by atoms with E-state index in [1.54, 1.807) is 24.3 Å². The summed E-state index contributed by atoms with van der Waals surface area (Å²) in [4.78, 5) is 12.8. The fourth-order valence-corrected chi connectivity index (χ4v) is 3.20. The molecule has 3 rings (SSSR count). The van der Waals surface area contributed by atoms with Crippen LogP contribution in [0.25, 0.3) is 0 Å². The third kappa shape index (κ3) is 4.60. The molecule has 1 saturated carbocycles. The highest BCUT2D eigenvalue weighted by Gasteiger charge is 2.48. The largest absolute Gasteiger partial charge is 0.416 e. The van der Waals surface area contributed by atoms with Crippen LogP contribution in [0.4, 0.5) is 26.3 Å². The zero-order valence-corrected chi connectivity index (χ0v) is 15.6. The predicted octanol–water partition coefficient (Wildman–Crippen LogP) is 5.38. The summed E-state index contributed by atoms with van der Waals surface area (Å²) in [6, 6.07) is 8.00. The molecule has 2 aromatic carbocycles. The predicted molar refractivity (Wildman–Crippen MR) is 98.3 cm³/mol. The fraction of sp³-hybridized carbons (Fsp3) is 0.286.